The second kappa shape index (κ2) is 5.22. The van der Waals surface area contributed by atoms with E-state index < -0.39 is 17.5 Å². The van der Waals surface area contributed by atoms with Crippen LogP contribution in [-0.4, -0.2) is 24.8 Å². The van der Waals surface area contributed by atoms with E-state index in [-0.39, 0.29) is 5.56 Å². The minimum atomic E-state index is -0.711. The lowest BCUT2D eigenvalue weighted by atomic mass is 10.1. The number of hydrogen-bond donors (Lipinski definition) is 1. The van der Waals surface area contributed by atoms with E-state index >= 15 is 0 Å². The molecule has 0 aliphatic carbocycles. The van der Waals surface area contributed by atoms with Gasteiger partial charge in [-0.3, -0.25) is 9.59 Å². The normalized spacial score (nSPS) is 13.2. The molecule has 0 saturated heterocycles. The van der Waals surface area contributed by atoms with Gasteiger partial charge in [-0.05, 0) is 18.6 Å². The largest absolute Gasteiger partial charge is 0.365 e. The highest BCUT2D eigenvalue weighted by atomic mass is 19.1. The van der Waals surface area contributed by atoms with E-state index in [4.69, 9.17) is 0 Å². The van der Waals surface area contributed by atoms with Crippen LogP contribution in [0.2, 0.25) is 0 Å². The quantitative estimate of drug-likeness (QED) is 0.654. The summed E-state index contributed by atoms with van der Waals surface area (Å²) in [4.78, 5) is 24.6. The zero-order valence-corrected chi connectivity index (χ0v) is 10.7. The van der Waals surface area contributed by atoms with Gasteiger partial charge in [-0.15, -0.1) is 6.58 Å². The van der Waals surface area contributed by atoms with E-state index in [9.17, 15) is 14.0 Å². The summed E-state index contributed by atoms with van der Waals surface area (Å²) in [6.45, 7) is 6.81. The maximum Gasteiger partial charge on any atom is 0.296 e. The van der Waals surface area contributed by atoms with Gasteiger partial charge in [0.1, 0.15) is 5.82 Å². The van der Waals surface area contributed by atoms with E-state index in [1.54, 1.807) is 6.08 Å². The third-order valence-corrected chi connectivity index (χ3v) is 2.97. The van der Waals surface area contributed by atoms with E-state index in [1.807, 2.05) is 11.8 Å². The number of nitrogens with zero attached hydrogens (tertiary/aromatic N) is 1. The van der Waals surface area contributed by atoms with Crippen LogP contribution in [0.25, 0.3) is 0 Å². The average molecular weight is 262 g/mol. The van der Waals surface area contributed by atoms with Crippen LogP contribution in [0, 0.1) is 5.82 Å². The van der Waals surface area contributed by atoms with Gasteiger partial charge in [0.15, 0.2) is 0 Å². The average Bonchev–Trinajstić information content (AvgIpc) is 2.64. The third kappa shape index (κ3) is 2.36. The summed E-state index contributed by atoms with van der Waals surface area (Å²) < 4.78 is 14.1. The Morgan fingerprint density at radius 2 is 2.16 bits per heavy atom. The molecule has 0 atom stereocenters. The van der Waals surface area contributed by atoms with Gasteiger partial charge in [0.2, 0.25) is 0 Å². The molecule has 5 heteroatoms. The standard InChI is InChI=1S/C14H15FN2O2/c1-3-5-17(6-4-2)12-8-11-9(7-10(12)15)13(18)14(19)16-11/h3,7-8H,1,4-6H2,2H3,(H,16,18,19). The summed E-state index contributed by atoms with van der Waals surface area (Å²) >= 11 is 0. The second-order valence-corrected chi connectivity index (χ2v) is 4.37. The molecule has 19 heavy (non-hydrogen) atoms. The Bertz CT molecular complexity index is 555. The van der Waals surface area contributed by atoms with E-state index in [1.165, 1.54) is 6.07 Å². The molecule has 0 bridgehead atoms. The summed E-state index contributed by atoms with van der Waals surface area (Å²) in [5, 5.41) is 2.45. The maximum absolute atomic E-state index is 14.1. The predicted molar refractivity (Wildman–Crippen MR) is 72.1 cm³/mol. The molecule has 0 saturated carbocycles. The molecule has 1 amide bonds. The number of carbonyl (C=O) groups is 2. The molecule has 2 rings (SSSR count). The number of hydrogen-bond acceptors (Lipinski definition) is 3. The molecule has 1 heterocycles. The van der Waals surface area contributed by atoms with Gasteiger partial charge >= 0.3 is 0 Å². The van der Waals surface area contributed by atoms with Crippen LogP contribution >= 0.6 is 0 Å². The van der Waals surface area contributed by atoms with E-state index in [2.05, 4.69) is 11.9 Å². The molecular weight excluding hydrogens is 247 g/mol. The highest BCUT2D eigenvalue weighted by Crippen LogP contribution is 2.31. The second-order valence-electron chi connectivity index (χ2n) is 4.37. The van der Waals surface area contributed by atoms with Crippen LogP contribution < -0.4 is 10.2 Å². The van der Waals surface area contributed by atoms with Gasteiger partial charge in [-0.25, -0.2) is 4.39 Å². The first-order valence-electron chi connectivity index (χ1n) is 6.13. The Morgan fingerprint density at radius 3 is 2.79 bits per heavy atom. The molecular formula is C14H15FN2O2. The van der Waals surface area contributed by atoms with Gasteiger partial charge < -0.3 is 10.2 Å². The maximum atomic E-state index is 14.1. The molecule has 0 spiro atoms. The topological polar surface area (TPSA) is 49.4 Å². The molecule has 0 unspecified atom stereocenters. The van der Waals surface area contributed by atoms with Gasteiger partial charge in [0.05, 0.1) is 16.9 Å². The lowest BCUT2D eigenvalue weighted by Crippen LogP contribution is -2.25. The van der Waals surface area contributed by atoms with Crippen molar-refractivity contribution in [3.05, 3.63) is 36.2 Å². The van der Waals surface area contributed by atoms with Crippen molar-refractivity contribution in [1.82, 2.24) is 0 Å². The summed E-state index contributed by atoms with van der Waals surface area (Å²) in [5.74, 6) is -1.90. The van der Waals surface area contributed by atoms with Crippen LogP contribution in [0.3, 0.4) is 0 Å². The smallest absolute Gasteiger partial charge is 0.296 e. The van der Waals surface area contributed by atoms with Crippen molar-refractivity contribution in [2.24, 2.45) is 0 Å². The molecule has 0 fully saturated rings. The van der Waals surface area contributed by atoms with Crippen LogP contribution in [0.1, 0.15) is 23.7 Å². The molecule has 0 aromatic heterocycles. The molecule has 4 nitrogen and oxygen atoms in total. The van der Waals surface area contributed by atoms with Crippen LogP contribution in [0.4, 0.5) is 15.8 Å². The zero-order valence-electron chi connectivity index (χ0n) is 10.7. The van der Waals surface area contributed by atoms with Gasteiger partial charge in [0.25, 0.3) is 11.7 Å². The lowest BCUT2D eigenvalue weighted by molar-refractivity contribution is -0.112. The minimum absolute atomic E-state index is 0.0984. The van der Waals surface area contributed by atoms with Crippen molar-refractivity contribution in [3.63, 3.8) is 0 Å². The molecule has 1 aliphatic heterocycles. The predicted octanol–water partition coefficient (Wildman–Crippen LogP) is 2.36. The number of rotatable bonds is 5. The number of nitrogens with one attached hydrogen (secondary N) is 1. The van der Waals surface area contributed by atoms with Crippen molar-refractivity contribution < 1.29 is 14.0 Å². The van der Waals surface area contributed by atoms with Crippen molar-refractivity contribution in [2.45, 2.75) is 13.3 Å². The van der Waals surface area contributed by atoms with E-state index in [0.717, 1.165) is 12.5 Å². The van der Waals surface area contributed by atoms with E-state index in [0.29, 0.717) is 24.5 Å². The number of fused-ring (bicyclic) bond motifs is 1. The first kappa shape index (κ1) is 13.3. The first-order valence-corrected chi connectivity index (χ1v) is 6.13. The van der Waals surface area contributed by atoms with Gasteiger partial charge in [0, 0.05) is 13.1 Å². The number of ketones is 1. The molecule has 0 radical (unpaired) electrons. The lowest BCUT2D eigenvalue weighted by Gasteiger charge is -2.23. The van der Waals surface area contributed by atoms with Crippen LogP contribution in [-0.2, 0) is 4.79 Å². The fraction of sp³-hybridized carbons (Fsp3) is 0.286. The highest BCUT2D eigenvalue weighted by molar-refractivity contribution is 6.51. The SMILES string of the molecule is C=CCN(CCC)c1cc2c(cc1F)C(=O)C(=O)N2. The number of amides is 1. The summed E-state index contributed by atoms with van der Waals surface area (Å²) in [5.41, 5.74) is 0.841. The fourth-order valence-corrected chi connectivity index (χ4v) is 2.13. The third-order valence-electron chi connectivity index (χ3n) is 2.97. The Balaban J connectivity index is 2.43. The Labute approximate surface area is 110 Å². The number of benzene rings is 1. The van der Waals surface area contributed by atoms with Crippen LogP contribution in [0.15, 0.2) is 24.8 Å². The first-order chi connectivity index (χ1) is 9.08. The minimum Gasteiger partial charge on any atom is -0.365 e. The Hall–Kier alpha value is -2.17. The monoisotopic (exact) mass is 262 g/mol. The number of halogens is 1. The molecule has 1 aromatic carbocycles. The number of anilines is 2. The molecule has 1 N–H and O–H groups in total. The molecule has 1 aromatic rings. The van der Waals surface area contributed by atoms with Crippen molar-refractivity contribution in [2.75, 3.05) is 23.3 Å². The Kier molecular flexibility index (Phi) is 3.64. The Morgan fingerprint density at radius 1 is 1.42 bits per heavy atom. The number of carbonyl (C=O) groups excluding carboxylic acids is 2. The zero-order chi connectivity index (χ0) is 14.0. The van der Waals surface area contributed by atoms with Crippen molar-refractivity contribution in [1.29, 1.82) is 0 Å². The van der Waals surface area contributed by atoms with Crippen molar-refractivity contribution >= 4 is 23.1 Å². The summed E-state index contributed by atoms with van der Waals surface area (Å²) in [6.07, 6.45) is 2.54. The highest BCUT2D eigenvalue weighted by Gasteiger charge is 2.30. The van der Waals surface area contributed by atoms with Gasteiger partial charge in [-0.1, -0.05) is 13.0 Å². The summed E-state index contributed by atoms with van der Waals surface area (Å²) in [7, 11) is 0. The molecule has 100 valence electrons. The fourth-order valence-electron chi connectivity index (χ4n) is 2.13. The van der Waals surface area contributed by atoms with Crippen LogP contribution in [0.5, 0.6) is 0 Å². The van der Waals surface area contributed by atoms with Crippen molar-refractivity contribution in [3.8, 4) is 0 Å². The summed E-state index contributed by atoms with van der Waals surface area (Å²) in [6, 6.07) is 2.63. The van der Waals surface area contributed by atoms with Gasteiger partial charge in [-0.2, -0.15) is 0 Å². The molecule has 1 aliphatic rings. The number of Topliss-reactive ketones (excluding diaryl/α,β-unsaturated/α-hetero) is 1.